The average molecular weight is 360 g/mol. The van der Waals surface area contributed by atoms with Crippen LogP contribution in [0.4, 0.5) is 0 Å². The van der Waals surface area contributed by atoms with Gasteiger partial charge in [-0.05, 0) is 37.4 Å². The van der Waals surface area contributed by atoms with Crippen LogP contribution in [0.3, 0.4) is 0 Å². The molecule has 1 fully saturated rings. The SMILES string of the molecule is CSc1ccccc1C(=O)NCC(c1ccc(C)o1)N1CCOCC1. The first-order valence-electron chi connectivity index (χ1n) is 8.48. The van der Waals surface area contributed by atoms with E-state index >= 15 is 0 Å². The number of furan rings is 1. The molecule has 0 saturated carbocycles. The van der Waals surface area contributed by atoms with Crippen molar-refractivity contribution in [2.45, 2.75) is 17.9 Å². The van der Waals surface area contributed by atoms with Crippen molar-refractivity contribution in [3.8, 4) is 0 Å². The maximum absolute atomic E-state index is 12.6. The van der Waals surface area contributed by atoms with Gasteiger partial charge in [0.05, 0.1) is 24.8 Å². The third kappa shape index (κ3) is 4.45. The lowest BCUT2D eigenvalue weighted by Crippen LogP contribution is -2.43. The number of nitrogens with one attached hydrogen (secondary N) is 1. The van der Waals surface area contributed by atoms with Gasteiger partial charge in [0, 0.05) is 24.5 Å². The van der Waals surface area contributed by atoms with Crippen molar-refractivity contribution >= 4 is 17.7 Å². The van der Waals surface area contributed by atoms with Gasteiger partial charge < -0.3 is 14.5 Å². The van der Waals surface area contributed by atoms with E-state index in [-0.39, 0.29) is 11.9 Å². The molecule has 6 heteroatoms. The van der Waals surface area contributed by atoms with Crippen LogP contribution in [0.1, 0.15) is 27.9 Å². The molecule has 2 aromatic rings. The minimum Gasteiger partial charge on any atom is -0.465 e. The third-order valence-electron chi connectivity index (χ3n) is 4.38. The lowest BCUT2D eigenvalue weighted by Gasteiger charge is -2.33. The second-order valence-corrected chi connectivity index (χ2v) is 6.87. The molecule has 2 heterocycles. The lowest BCUT2D eigenvalue weighted by atomic mass is 10.1. The topological polar surface area (TPSA) is 54.7 Å². The molecule has 0 bridgehead atoms. The number of aryl methyl sites for hydroxylation is 1. The molecular weight excluding hydrogens is 336 g/mol. The Kier molecular flexibility index (Phi) is 6.18. The minimum atomic E-state index is -0.0495. The standard InChI is InChI=1S/C19H24N2O3S/c1-14-7-8-17(24-14)16(21-9-11-23-12-10-21)13-20-19(22)15-5-3-4-6-18(15)25-2/h3-8,16H,9-13H2,1-2H3,(H,20,22). The van der Waals surface area contributed by atoms with Gasteiger partial charge in [-0.2, -0.15) is 0 Å². The predicted molar refractivity (Wildman–Crippen MR) is 99.1 cm³/mol. The van der Waals surface area contributed by atoms with E-state index in [0.29, 0.717) is 25.3 Å². The molecule has 1 amide bonds. The van der Waals surface area contributed by atoms with Crippen molar-refractivity contribution in [1.82, 2.24) is 10.2 Å². The van der Waals surface area contributed by atoms with E-state index in [4.69, 9.17) is 9.15 Å². The number of nitrogens with zero attached hydrogens (tertiary/aromatic N) is 1. The Morgan fingerprint density at radius 2 is 2.00 bits per heavy atom. The summed E-state index contributed by atoms with van der Waals surface area (Å²) in [5.41, 5.74) is 0.714. The normalized spacial score (nSPS) is 16.6. The van der Waals surface area contributed by atoms with Crippen molar-refractivity contribution in [2.75, 3.05) is 39.1 Å². The highest BCUT2D eigenvalue weighted by atomic mass is 32.2. The van der Waals surface area contributed by atoms with Gasteiger partial charge in [0.15, 0.2) is 0 Å². The molecule has 25 heavy (non-hydrogen) atoms. The molecule has 134 valence electrons. The quantitative estimate of drug-likeness (QED) is 0.802. The summed E-state index contributed by atoms with van der Waals surface area (Å²) in [4.78, 5) is 15.9. The van der Waals surface area contributed by atoms with Gasteiger partial charge in [-0.3, -0.25) is 9.69 Å². The summed E-state index contributed by atoms with van der Waals surface area (Å²) in [5, 5.41) is 3.08. The highest BCUT2D eigenvalue weighted by Crippen LogP contribution is 2.24. The van der Waals surface area contributed by atoms with E-state index < -0.39 is 0 Å². The van der Waals surface area contributed by atoms with E-state index in [2.05, 4.69) is 10.2 Å². The third-order valence-corrected chi connectivity index (χ3v) is 5.18. The van der Waals surface area contributed by atoms with Gasteiger partial charge in [-0.1, -0.05) is 12.1 Å². The molecular formula is C19H24N2O3S. The number of hydrogen-bond acceptors (Lipinski definition) is 5. The second-order valence-electron chi connectivity index (χ2n) is 6.02. The monoisotopic (exact) mass is 360 g/mol. The Bertz CT molecular complexity index is 710. The summed E-state index contributed by atoms with van der Waals surface area (Å²) in [6.07, 6.45) is 1.98. The Morgan fingerprint density at radius 1 is 1.24 bits per heavy atom. The summed E-state index contributed by atoms with van der Waals surface area (Å²) >= 11 is 1.58. The van der Waals surface area contributed by atoms with Crippen LogP contribution in [-0.2, 0) is 4.74 Å². The van der Waals surface area contributed by atoms with Crippen molar-refractivity contribution in [3.05, 3.63) is 53.5 Å². The molecule has 1 saturated heterocycles. The summed E-state index contributed by atoms with van der Waals surface area (Å²) in [6.45, 7) is 5.53. The Hall–Kier alpha value is -1.76. The van der Waals surface area contributed by atoms with E-state index in [0.717, 1.165) is 29.5 Å². The van der Waals surface area contributed by atoms with Crippen LogP contribution >= 0.6 is 11.8 Å². The van der Waals surface area contributed by atoms with Crippen LogP contribution in [0.5, 0.6) is 0 Å². The zero-order chi connectivity index (χ0) is 17.6. The summed E-state index contributed by atoms with van der Waals surface area (Å²) in [5.74, 6) is 1.72. The molecule has 1 aliphatic rings. The molecule has 0 radical (unpaired) electrons. The van der Waals surface area contributed by atoms with Crippen molar-refractivity contribution < 1.29 is 13.9 Å². The smallest absolute Gasteiger partial charge is 0.252 e. The minimum absolute atomic E-state index is 0.0167. The number of hydrogen-bond donors (Lipinski definition) is 1. The fourth-order valence-electron chi connectivity index (χ4n) is 3.05. The summed E-state index contributed by atoms with van der Waals surface area (Å²) in [7, 11) is 0. The second kappa shape index (κ2) is 8.56. The van der Waals surface area contributed by atoms with Crippen LogP contribution in [-0.4, -0.2) is 49.9 Å². The van der Waals surface area contributed by atoms with Gasteiger partial charge >= 0.3 is 0 Å². The zero-order valence-electron chi connectivity index (χ0n) is 14.7. The van der Waals surface area contributed by atoms with Crippen molar-refractivity contribution in [3.63, 3.8) is 0 Å². The van der Waals surface area contributed by atoms with E-state index in [1.54, 1.807) is 11.8 Å². The molecule has 1 aliphatic heterocycles. The van der Waals surface area contributed by atoms with Gasteiger partial charge in [-0.15, -0.1) is 11.8 Å². The van der Waals surface area contributed by atoms with E-state index in [9.17, 15) is 4.79 Å². The summed E-state index contributed by atoms with van der Waals surface area (Å²) in [6, 6.07) is 11.7. The van der Waals surface area contributed by atoms with Crippen LogP contribution in [0.15, 0.2) is 45.7 Å². The molecule has 3 rings (SSSR count). The van der Waals surface area contributed by atoms with Crippen molar-refractivity contribution in [1.29, 1.82) is 0 Å². The highest BCUT2D eigenvalue weighted by Gasteiger charge is 2.26. The van der Waals surface area contributed by atoms with Crippen LogP contribution in [0.2, 0.25) is 0 Å². The molecule has 0 spiro atoms. The number of ether oxygens (including phenoxy) is 1. The number of thioether (sulfide) groups is 1. The van der Waals surface area contributed by atoms with Gasteiger partial charge in [0.2, 0.25) is 0 Å². The highest BCUT2D eigenvalue weighted by molar-refractivity contribution is 7.98. The molecule has 1 aromatic carbocycles. The first-order valence-corrected chi connectivity index (χ1v) is 9.71. The van der Waals surface area contributed by atoms with Gasteiger partial charge in [0.1, 0.15) is 11.5 Å². The number of benzene rings is 1. The number of morpholine rings is 1. The first kappa shape index (κ1) is 18.0. The largest absolute Gasteiger partial charge is 0.465 e. The van der Waals surface area contributed by atoms with Gasteiger partial charge in [-0.25, -0.2) is 0 Å². The zero-order valence-corrected chi connectivity index (χ0v) is 15.5. The molecule has 1 unspecified atom stereocenters. The molecule has 1 aromatic heterocycles. The predicted octanol–water partition coefficient (Wildman–Crippen LogP) is 3.11. The van der Waals surface area contributed by atoms with Crippen LogP contribution in [0, 0.1) is 6.92 Å². The van der Waals surface area contributed by atoms with Crippen LogP contribution < -0.4 is 5.32 Å². The molecule has 0 aliphatic carbocycles. The summed E-state index contributed by atoms with van der Waals surface area (Å²) < 4.78 is 11.3. The fourth-order valence-corrected chi connectivity index (χ4v) is 3.64. The lowest BCUT2D eigenvalue weighted by molar-refractivity contribution is 0.0117. The fraction of sp³-hybridized carbons (Fsp3) is 0.421. The van der Waals surface area contributed by atoms with Crippen molar-refractivity contribution in [2.24, 2.45) is 0 Å². The van der Waals surface area contributed by atoms with E-state index in [1.165, 1.54) is 0 Å². The first-order chi connectivity index (χ1) is 12.2. The molecule has 1 atom stereocenters. The number of amides is 1. The maximum Gasteiger partial charge on any atom is 0.252 e. The number of carbonyl (C=O) groups is 1. The van der Waals surface area contributed by atoms with Crippen LogP contribution in [0.25, 0.3) is 0 Å². The molecule has 5 nitrogen and oxygen atoms in total. The maximum atomic E-state index is 12.6. The number of rotatable bonds is 6. The van der Waals surface area contributed by atoms with Gasteiger partial charge in [0.25, 0.3) is 5.91 Å². The van der Waals surface area contributed by atoms with E-state index in [1.807, 2.05) is 49.6 Å². The average Bonchev–Trinajstić information content (AvgIpc) is 3.08. The molecule has 1 N–H and O–H groups in total. The Balaban J connectivity index is 1.72. The Labute approximate surface area is 152 Å². The number of carbonyl (C=O) groups excluding carboxylic acids is 1. The Morgan fingerprint density at radius 3 is 2.68 bits per heavy atom.